The molecular weight excluding hydrogens is 256 g/mol. The quantitative estimate of drug-likeness (QED) is 0.594. The highest BCUT2D eigenvalue weighted by Gasteiger charge is 2.20. The highest BCUT2D eigenvalue weighted by atomic mass is 32.2. The molecule has 0 amide bonds. The summed E-state index contributed by atoms with van der Waals surface area (Å²) in [7, 11) is 0. The first-order valence-corrected chi connectivity index (χ1v) is 8.19. The van der Waals surface area contributed by atoms with E-state index >= 15 is 0 Å². The molecule has 0 spiro atoms. The van der Waals surface area contributed by atoms with E-state index < -0.39 is 0 Å². The van der Waals surface area contributed by atoms with Gasteiger partial charge in [-0.05, 0) is 25.8 Å². The summed E-state index contributed by atoms with van der Waals surface area (Å²) in [6.07, 6.45) is 5.48. The molecule has 0 saturated heterocycles. The second-order valence-electron chi connectivity index (χ2n) is 4.93. The van der Waals surface area contributed by atoms with E-state index in [1.54, 1.807) is 0 Å². The van der Waals surface area contributed by atoms with Crippen LogP contribution in [0.3, 0.4) is 0 Å². The molecule has 1 atom stereocenters. The SMILES string of the molecule is CCOc1ccccc1C(CSC1CCCC1)NN. The van der Waals surface area contributed by atoms with Crippen LogP contribution in [-0.2, 0) is 0 Å². The second-order valence-corrected chi connectivity index (χ2v) is 6.26. The predicted molar refractivity (Wildman–Crippen MR) is 82.4 cm³/mol. The molecule has 3 nitrogen and oxygen atoms in total. The maximum atomic E-state index is 5.74. The molecule has 106 valence electrons. The third kappa shape index (κ3) is 4.13. The molecule has 1 aromatic carbocycles. The highest BCUT2D eigenvalue weighted by Crippen LogP contribution is 2.33. The van der Waals surface area contributed by atoms with Crippen molar-refractivity contribution in [3.05, 3.63) is 29.8 Å². The first-order chi connectivity index (χ1) is 9.35. The molecule has 1 aliphatic carbocycles. The molecule has 1 unspecified atom stereocenters. The summed E-state index contributed by atoms with van der Waals surface area (Å²) in [5, 5.41) is 0.815. The van der Waals surface area contributed by atoms with Crippen molar-refractivity contribution in [3.8, 4) is 5.75 Å². The average molecular weight is 280 g/mol. The van der Waals surface area contributed by atoms with Gasteiger partial charge in [-0.3, -0.25) is 11.3 Å². The van der Waals surface area contributed by atoms with Crippen molar-refractivity contribution in [1.82, 2.24) is 5.43 Å². The van der Waals surface area contributed by atoms with Crippen molar-refractivity contribution < 1.29 is 4.74 Å². The zero-order valence-corrected chi connectivity index (χ0v) is 12.4. The van der Waals surface area contributed by atoms with Gasteiger partial charge in [0, 0.05) is 16.6 Å². The summed E-state index contributed by atoms with van der Waals surface area (Å²) in [4.78, 5) is 0. The van der Waals surface area contributed by atoms with Crippen LogP contribution in [0, 0.1) is 0 Å². The Balaban J connectivity index is 1.99. The van der Waals surface area contributed by atoms with Crippen LogP contribution in [0.25, 0.3) is 0 Å². The number of ether oxygens (including phenoxy) is 1. The van der Waals surface area contributed by atoms with Crippen molar-refractivity contribution in [2.75, 3.05) is 12.4 Å². The van der Waals surface area contributed by atoms with Gasteiger partial charge in [0.1, 0.15) is 5.75 Å². The number of hydrazine groups is 1. The van der Waals surface area contributed by atoms with Gasteiger partial charge in [-0.1, -0.05) is 31.0 Å². The van der Waals surface area contributed by atoms with Gasteiger partial charge in [-0.15, -0.1) is 0 Å². The molecule has 2 rings (SSSR count). The van der Waals surface area contributed by atoms with Gasteiger partial charge in [-0.25, -0.2) is 0 Å². The molecule has 4 heteroatoms. The summed E-state index contributed by atoms with van der Waals surface area (Å²) in [6, 6.07) is 8.33. The predicted octanol–water partition coefficient (Wildman–Crippen LogP) is 3.27. The number of hydrogen-bond donors (Lipinski definition) is 2. The lowest BCUT2D eigenvalue weighted by Crippen LogP contribution is -2.30. The Morgan fingerprint density at radius 1 is 1.37 bits per heavy atom. The van der Waals surface area contributed by atoms with Crippen molar-refractivity contribution >= 4 is 11.8 Å². The fourth-order valence-corrected chi connectivity index (χ4v) is 3.98. The molecule has 0 aromatic heterocycles. The standard InChI is InChI=1S/C15H24N2OS/c1-2-18-15-10-6-5-9-13(15)14(17-16)11-19-12-7-3-4-8-12/h5-6,9-10,12,14,17H,2-4,7-8,11,16H2,1H3. The van der Waals surface area contributed by atoms with E-state index in [1.165, 1.54) is 25.7 Å². The molecule has 1 fully saturated rings. The molecule has 0 aliphatic heterocycles. The van der Waals surface area contributed by atoms with Crippen LogP contribution in [0.1, 0.15) is 44.2 Å². The van der Waals surface area contributed by atoms with E-state index in [1.807, 2.05) is 36.9 Å². The van der Waals surface area contributed by atoms with Crippen LogP contribution in [0.5, 0.6) is 5.75 Å². The lowest BCUT2D eigenvalue weighted by molar-refractivity contribution is 0.333. The Morgan fingerprint density at radius 3 is 2.79 bits per heavy atom. The number of thioether (sulfide) groups is 1. The summed E-state index contributed by atoms with van der Waals surface area (Å²) in [5.74, 6) is 7.69. The number of para-hydroxylation sites is 1. The first-order valence-electron chi connectivity index (χ1n) is 7.14. The minimum atomic E-state index is 0.161. The van der Waals surface area contributed by atoms with E-state index in [2.05, 4.69) is 11.5 Å². The van der Waals surface area contributed by atoms with Crippen molar-refractivity contribution in [3.63, 3.8) is 0 Å². The smallest absolute Gasteiger partial charge is 0.124 e. The fourth-order valence-electron chi connectivity index (χ4n) is 2.57. The van der Waals surface area contributed by atoms with Crippen molar-refractivity contribution in [2.24, 2.45) is 5.84 Å². The molecule has 0 radical (unpaired) electrons. The Hall–Kier alpha value is -0.710. The number of hydrogen-bond acceptors (Lipinski definition) is 4. The minimum Gasteiger partial charge on any atom is -0.494 e. The molecule has 1 aromatic rings. The minimum absolute atomic E-state index is 0.161. The van der Waals surface area contributed by atoms with Gasteiger partial charge in [0.2, 0.25) is 0 Å². The van der Waals surface area contributed by atoms with Crippen molar-refractivity contribution in [2.45, 2.75) is 43.9 Å². The van der Waals surface area contributed by atoms with Crippen LogP contribution in [0.15, 0.2) is 24.3 Å². The third-order valence-electron chi connectivity index (χ3n) is 3.60. The molecule has 19 heavy (non-hydrogen) atoms. The number of nitrogens with one attached hydrogen (secondary N) is 1. The van der Waals surface area contributed by atoms with Crippen LogP contribution in [-0.4, -0.2) is 17.6 Å². The summed E-state index contributed by atoms with van der Waals surface area (Å²) >= 11 is 2.04. The Morgan fingerprint density at radius 2 is 2.11 bits per heavy atom. The van der Waals surface area contributed by atoms with Crippen molar-refractivity contribution in [1.29, 1.82) is 0 Å². The van der Waals surface area contributed by atoms with Crippen LogP contribution >= 0.6 is 11.8 Å². The lowest BCUT2D eigenvalue weighted by Gasteiger charge is -2.20. The maximum Gasteiger partial charge on any atom is 0.124 e. The van der Waals surface area contributed by atoms with Crippen LogP contribution in [0.2, 0.25) is 0 Å². The van der Waals surface area contributed by atoms with Gasteiger partial charge < -0.3 is 4.74 Å². The molecule has 0 bridgehead atoms. The van der Waals surface area contributed by atoms with E-state index in [0.717, 1.165) is 22.3 Å². The fraction of sp³-hybridized carbons (Fsp3) is 0.600. The zero-order chi connectivity index (χ0) is 13.5. The second kappa shape index (κ2) is 7.78. The number of rotatable bonds is 7. The first kappa shape index (κ1) is 14.7. The molecule has 1 saturated carbocycles. The lowest BCUT2D eigenvalue weighted by atomic mass is 10.1. The molecular formula is C15H24N2OS. The van der Waals surface area contributed by atoms with Crippen LogP contribution < -0.4 is 16.0 Å². The molecule has 3 N–H and O–H groups in total. The molecule has 0 heterocycles. The van der Waals surface area contributed by atoms with Gasteiger partial charge in [0.25, 0.3) is 0 Å². The van der Waals surface area contributed by atoms with Gasteiger partial charge in [0.15, 0.2) is 0 Å². The maximum absolute atomic E-state index is 5.74. The van der Waals surface area contributed by atoms with E-state index in [4.69, 9.17) is 10.6 Å². The third-order valence-corrected chi connectivity index (χ3v) is 5.06. The van der Waals surface area contributed by atoms with Gasteiger partial charge in [0.05, 0.1) is 12.6 Å². The largest absolute Gasteiger partial charge is 0.494 e. The summed E-state index contributed by atoms with van der Waals surface area (Å²) in [5.41, 5.74) is 4.10. The topological polar surface area (TPSA) is 47.3 Å². The summed E-state index contributed by atoms with van der Waals surface area (Å²) in [6.45, 7) is 2.69. The van der Waals surface area contributed by atoms with E-state index in [0.29, 0.717) is 6.61 Å². The van der Waals surface area contributed by atoms with Crippen LogP contribution in [0.4, 0.5) is 0 Å². The van der Waals surface area contributed by atoms with E-state index in [9.17, 15) is 0 Å². The van der Waals surface area contributed by atoms with Gasteiger partial charge in [-0.2, -0.15) is 11.8 Å². The average Bonchev–Trinajstić information content (AvgIpc) is 2.95. The number of benzene rings is 1. The Labute approximate surface area is 120 Å². The van der Waals surface area contributed by atoms with E-state index in [-0.39, 0.29) is 6.04 Å². The normalized spacial score (nSPS) is 17.6. The molecule has 1 aliphatic rings. The van der Waals surface area contributed by atoms with Gasteiger partial charge >= 0.3 is 0 Å². The monoisotopic (exact) mass is 280 g/mol. The zero-order valence-electron chi connectivity index (χ0n) is 11.6. The Bertz CT molecular complexity index is 380. The highest BCUT2D eigenvalue weighted by molar-refractivity contribution is 7.99. The number of nitrogens with two attached hydrogens (primary N) is 1. The summed E-state index contributed by atoms with van der Waals surface area (Å²) < 4.78 is 5.69. The Kier molecular flexibility index (Phi) is 6.01.